The van der Waals surface area contributed by atoms with Crippen LogP contribution in [0.5, 0.6) is 0 Å². The molecule has 128 valence electrons. The molecule has 24 heavy (non-hydrogen) atoms. The topological polar surface area (TPSA) is 101 Å². The van der Waals surface area contributed by atoms with Crippen LogP contribution in [0.4, 0.5) is 10.6 Å². The van der Waals surface area contributed by atoms with Gasteiger partial charge in [-0.1, -0.05) is 0 Å². The van der Waals surface area contributed by atoms with Crippen LogP contribution >= 0.6 is 0 Å². The van der Waals surface area contributed by atoms with Gasteiger partial charge in [0.1, 0.15) is 11.9 Å². The highest BCUT2D eigenvalue weighted by molar-refractivity contribution is 5.88. The van der Waals surface area contributed by atoms with Crippen molar-refractivity contribution >= 4 is 11.8 Å². The van der Waals surface area contributed by atoms with E-state index in [4.69, 9.17) is 4.42 Å². The molecule has 2 aromatic rings. The lowest BCUT2D eigenvalue weighted by molar-refractivity contribution is 0.110. The number of anilines is 1. The summed E-state index contributed by atoms with van der Waals surface area (Å²) in [5.74, 6) is 0.489. The van der Waals surface area contributed by atoms with Crippen molar-refractivity contribution in [3.05, 3.63) is 46.9 Å². The number of nitrogens with zero attached hydrogens (tertiary/aromatic N) is 3. The number of carbonyl (C=O) groups is 1. The van der Waals surface area contributed by atoms with Crippen LogP contribution in [0.1, 0.15) is 31.1 Å². The highest BCUT2D eigenvalue weighted by Gasteiger charge is 2.31. The lowest BCUT2D eigenvalue weighted by atomic mass is 10.1. The summed E-state index contributed by atoms with van der Waals surface area (Å²) in [6, 6.07) is 2.94. The number of rotatable bonds is 4. The molecular formula is C16H20N4O4. The number of aromatic nitrogens is 2. The molecule has 2 N–H and O–H groups in total. The minimum absolute atomic E-state index is 0.00207. The molecule has 0 spiro atoms. The number of hydrogen-bond donors (Lipinski definition) is 2. The molecule has 3 heterocycles. The van der Waals surface area contributed by atoms with Gasteiger partial charge in [-0.2, -0.15) is 0 Å². The van der Waals surface area contributed by atoms with Crippen molar-refractivity contribution in [2.45, 2.75) is 31.4 Å². The Hall–Kier alpha value is -2.61. The smallest absolute Gasteiger partial charge is 0.323 e. The molecule has 0 bridgehead atoms. The van der Waals surface area contributed by atoms with E-state index in [0.29, 0.717) is 18.7 Å². The van der Waals surface area contributed by atoms with Crippen LogP contribution < -0.4 is 10.9 Å². The van der Waals surface area contributed by atoms with Crippen LogP contribution in [0.3, 0.4) is 0 Å². The third-order valence-corrected chi connectivity index (χ3v) is 4.25. The molecule has 2 atom stereocenters. The van der Waals surface area contributed by atoms with Gasteiger partial charge in [-0.25, -0.2) is 9.78 Å². The summed E-state index contributed by atoms with van der Waals surface area (Å²) < 4.78 is 6.55. The van der Waals surface area contributed by atoms with Crippen LogP contribution in [0.25, 0.3) is 0 Å². The van der Waals surface area contributed by atoms with Crippen molar-refractivity contribution < 1.29 is 14.3 Å². The van der Waals surface area contributed by atoms with Crippen LogP contribution in [0.15, 0.2) is 40.0 Å². The Kier molecular flexibility index (Phi) is 4.66. The maximum Gasteiger partial charge on any atom is 0.323 e. The van der Waals surface area contributed by atoms with E-state index in [2.05, 4.69) is 10.3 Å². The number of aryl methyl sites for hydroxylation is 1. The SMILES string of the molecule is Cn1ccnc(NC(=O)N2CCCC2CC(O)c2ccco2)c1=O. The standard InChI is InChI=1S/C16H20N4O4/c1-19-8-6-17-14(15(19)22)18-16(23)20-7-2-4-11(20)10-12(21)13-5-3-9-24-13/h3,5-6,8-9,11-12,21H,2,4,7,10H2,1H3,(H,17,18,23). The van der Waals surface area contributed by atoms with Crippen molar-refractivity contribution in [3.63, 3.8) is 0 Å². The zero-order chi connectivity index (χ0) is 17.1. The molecule has 2 unspecified atom stereocenters. The number of hydrogen-bond acceptors (Lipinski definition) is 5. The lowest BCUT2D eigenvalue weighted by Gasteiger charge is -2.26. The van der Waals surface area contributed by atoms with Crippen LogP contribution in [-0.4, -0.2) is 38.2 Å². The highest BCUT2D eigenvalue weighted by atomic mass is 16.4. The summed E-state index contributed by atoms with van der Waals surface area (Å²) in [6.45, 7) is 0.578. The fourth-order valence-electron chi connectivity index (χ4n) is 2.96. The summed E-state index contributed by atoms with van der Waals surface area (Å²) >= 11 is 0. The number of furan rings is 1. The van der Waals surface area contributed by atoms with Gasteiger partial charge in [0.05, 0.1) is 6.26 Å². The first kappa shape index (κ1) is 16.3. The lowest BCUT2D eigenvalue weighted by Crippen LogP contribution is -2.41. The van der Waals surface area contributed by atoms with Gasteiger partial charge < -0.3 is 19.0 Å². The number of nitrogens with one attached hydrogen (secondary N) is 1. The van der Waals surface area contributed by atoms with Gasteiger partial charge in [0.25, 0.3) is 5.56 Å². The molecule has 0 radical (unpaired) electrons. The van der Waals surface area contributed by atoms with Gasteiger partial charge >= 0.3 is 6.03 Å². The monoisotopic (exact) mass is 332 g/mol. The molecule has 1 saturated heterocycles. The van der Waals surface area contributed by atoms with E-state index in [0.717, 1.165) is 12.8 Å². The van der Waals surface area contributed by atoms with Gasteiger partial charge in [0, 0.05) is 38.4 Å². The molecule has 8 nitrogen and oxygen atoms in total. The first-order chi connectivity index (χ1) is 11.6. The van der Waals surface area contributed by atoms with Crippen molar-refractivity contribution in [2.75, 3.05) is 11.9 Å². The third kappa shape index (κ3) is 3.33. The number of amides is 2. The number of carbonyl (C=O) groups excluding carboxylic acids is 1. The van der Waals surface area contributed by atoms with Crippen molar-refractivity contribution in [2.24, 2.45) is 7.05 Å². The maximum atomic E-state index is 12.5. The van der Waals surface area contributed by atoms with Crippen molar-refractivity contribution in [3.8, 4) is 0 Å². The van der Waals surface area contributed by atoms with E-state index in [1.54, 1.807) is 24.1 Å². The normalized spacial score (nSPS) is 18.6. The quantitative estimate of drug-likeness (QED) is 0.883. The van der Waals surface area contributed by atoms with E-state index >= 15 is 0 Å². The summed E-state index contributed by atoms with van der Waals surface area (Å²) in [7, 11) is 1.60. The molecule has 3 rings (SSSR count). The van der Waals surface area contributed by atoms with E-state index in [9.17, 15) is 14.7 Å². The third-order valence-electron chi connectivity index (χ3n) is 4.25. The molecule has 0 saturated carbocycles. The molecule has 1 aliphatic rings. The minimum Gasteiger partial charge on any atom is -0.467 e. The van der Waals surface area contributed by atoms with Crippen LogP contribution in [0, 0.1) is 0 Å². The van der Waals surface area contributed by atoms with E-state index < -0.39 is 6.10 Å². The summed E-state index contributed by atoms with van der Waals surface area (Å²) in [5.41, 5.74) is -0.364. The maximum absolute atomic E-state index is 12.5. The molecule has 2 amide bonds. The zero-order valence-electron chi connectivity index (χ0n) is 13.4. The highest BCUT2D eigenvalue weighted by Crippen LogP contribution is 2.27. The average molecular weight is 332 g/mol. The van der Waals surface area contributed by atoms with E-state index in [1.807, 2.05) is 0 Å². The van der Waals surface area contributed by atoms with Gasteiger partial charge in [-0.15, -0.1) is 0 Å². The Labute approximate surface area is 138 Å². The Balaban J connectivity index is 1.67. The number of aliphatic hydroxyl groups is 1. The Morgan fingerprint density at radius 2 is 2.42 bits per heavy atom. The fraction of sp³-hybridized carbons (Fsp3) is 0.438. The Morgan fingerprint density at radius 1 is 1.58 bits per heavy atom. The Bertz CT molecular complexity index is 756. The number of urea groups is 1. The predicted octanol–water partition coefficient (Wildman–Crippen LogP) is 1.49. The van der Waals surface area contributed by atoms with Crippen molar-refractivity contribution in [1.82, 2.24) is 14.5 Å². The first-order valence-corrected chi connectivity index (χ1v) is 7.87. The summed E-state index contributed by atoms with van der Waals surface area (Å²) in [5, 5.41) is 12.8. The first-order valence-electron chi connectivity index (χ1n) is 7.87. The average Bonchev–Trinajstić information content (AvgIpc) is 3.23. The zero-order valence-corrected chi connectivity index (χ0v) is 13.4. The molecular weight excluding hydrogens is 312 g/mol. The van der Waals surface area contributed by atoms with E-state index in [-0.39, 0.29) is 23.5 Å². The minimum atomic E-state index is -0.763. The van der Waals surface area contributed by atoms with Gasteiger partial charge in [0.15, 0.2) is 0 Å². The van der Waals surface area contributed by atoms with Gasteiger partial charge in [-0.3, -0.25) is 10.1 Å². The Morgan fingerprint density at radius 3 is 3.17 bits per heavy atom. The second kappa shape index (κ2) is 6.88. The van der Waals surface area contributed by atoms with Crippen molar-refractivity contribution in [1.29, 1.82) is 0 Å². The molecule has 1 fully saturated rings. The fourth-order valence-corrected chi connectivity index (χ4v) is 2.96. The van der Waals surface area contributed by atoms with Crippen LogP contribution in [-0.2, 0) is 7.05 Å². The van der Waals surface area contributed by atoms with E-state index in [1.165, 1.54) is 23.2 Å². The molecule has 0 aliphatic carbocycles. The summed E-state index contributed by atoms with van der Waals surface area (Å²) in [6.07, 6.45) is 5.76. The molecule has 8 heteroatoms. The molecule has 2 aromatic heterocycles. The van der Waals surface area contributed by atoms with Crippen LogP contribution in [0.2, 0.25) is 0 Å². The van der Waals surface area contributed by atoms with Gasteiger partial charge in [0.2, 0.25) is 5.82 Å². The second-order valence-electron chi connectivity index (χ2n) is 5.88. The number of aliphatic hydroxyl groups excluding tert-OH is 1. The number of likely N-dealkylation sites (tertiary alicyclic amines) is 1. The summed E-state index contributed by atoms with van der Waals surface area (Å²) in [4.78, 5) is 30.0. The predicted molar refractivity (Wildman–Crippen MR) is 86.5 cm³/mol. The molecule has 1 aliphatic heterocycles. The largest absolute Gasteiger partial charge is 0.467 e. The van der Waals surface area contributed by atoms with Gasteiger partial charge in [-0.05, 0) is 25.0 Å². The second-order valence-corrected chi connectivity index (χ2v) is 5.88. The molecule has 0 aromatic carbocycles.